The largest absolute Gasteiger partial charge is 0.476 e. The molecule has 0 atom stereocenters. The Morgan fingerprint density at radius 3 is 2.61 bits per heavy atom. The van der Waals surface area contributed by atoms with Crippen LogP contribution in [0.3, 0.4) is 0 Å². The first-order chi connectivity index (χ1) is 13.3. The molecule has 0 amide bonds. The van der Waals surface area contributed by atoms with E-state index in [1.165, 1.54) is 6.42 Å². The summed E-state index contributed by atoms with van der Waals surface area (Å²) in [7, 11) is -4.11. The number of sulfonamides is 1. The first-order valence-corrected chi connectivity index (χ1v) is 10.5. The molecule has 1 N–H and O–H groups in total. The van der Waals surface area contributed by atoms with Gasteiger partial charge < -0.3 is 9.64 Å². The molecule has 1 aliphatic rings. The van der Waals surface area contributed by atoms with E-state index in [-0.39, 0.29) is 13.2 Å². The Kier molecular flexibility index (Phi) is 6.40. The minimum atomic E-state index is -4.11. The maximum Gasteiger partial charge on any atom is 0.243 e. The number of nitrogens with zero attached hydrogens (tertiary/aromatic N) is 3. The van der Waals surface area contributed by atoms with Crippen molar-refractivity contribution in [1.29, 1.82) is 0 Å². The van der Waals surface area contributed by atoms with Crippen LogP contribution in [0.4, 0.5) is 14.6 Å². The molecule has 0 bridgehead atoms. The molecule has 1 aromatic heterocycles. The van der Waals surface area contributed by atoms with Gasteiger partial charge in [0.05, 0.1) is 0 Å². The molecule has 152 valence electrons. The van der Waals surface area contributed by atoms with Crippen LogP contribution in [0.15, 0.2) is 29.2 Å². The monoisotopic (exact) mass is 412 g/mol. The lowest BCUT2D eigenvalue weighted by Crippen LogP contribution is -2.30. The van der Waals surface area contributed by atoms with Crippen molar-refractivity contribution >= 4 is 15.8 Å². The number of halogens is 2. The zero-order valence-corrected chi connectivity index (χ0v) is 16.3. The summed E-state index contributed by atoms with van der Waals surface area (Å²) < 4.78 is 58.6. The summed E-state index contributed by atoms with van der Waals surface area (Å²) in [4.78, 5) is 10.2. The first kappa shape index (κ1) is 20.4. The van der Waals surface area contributed by atoms with Gasteiger partial charge in [0.25, 0.3) is 0 Å². The van der Waals surface area contributed by atoms with Crippen molar-refractivity contribution in [2.45, 2.75) is 31.1 Å². The molecule has 2 heterocycles. The highest BCUT2D eigenvalue weighted by molar-refractivity contribution is 7.89. The van der Waals surface area contributed by atoms with Crippen molar-refractivity contribution in [1.82, 2.24) is 14.7 Å². The Balaban J connectivity index is 1.58. The van der Waals surface area contributed by atoms with Gasteiger partial charge in [0.1, 0.15) is 34.8 Å². The highest BCUT2D eigenvalue weighted by Crippen LogP contribution is 2.21. The number of hydrogen-bond donors (Lipinski definition) is 1. The molecule has 28 heavy (non-hydrogen) atoms. The SMILES string of the molecule is Cc1nc(OCCNS(=O)(=O)c2ccc(F)cc2F)cc(N2CCCCC2)n1. The van der Waals surface area contributed by atoms with Gasteiger partial charge in [-0.05, 0) is 38.3 Å². The predicted octanol–water partition coefficient (Wildman–Crippen LogP) is 2.41. The molecule has 0 spiro atoms. The number of aryl methyl sites for hydroxylation is 1. The fraction of sp³-hybridized carbons (Fsp3) is 0.444. The lowest BCUT2D eigenvalue weighted by molar-refractivity contribution is 0.309. The van der Waals surface area contributed by atoms with Crippen molar-refractivity contribution in [3.05, 3.63) is 41.7 Å². The number of aromatic nitrogens is 2. The summed E-state index contributed by atoms with van der Waals surface area (Å²) >= 11 is 0. The van der Waals surface area contributed by atoms with Crippen molar-refractivity contribution < 1.29 is 21.9 Å². The summed E-state index contributed by atoms with van der Waals surface area (Å²) in [6.07, 6.45) is 3.43. The molecule has 7 nitrogen and oxygen atoms in total. The topological polar surface area (TPSA) is 84.4 Å². The molecular formula is C18H22F2N4O3S. The lowest BCUT2D eigenvalue weighted by Gasteiger charge is -2.28. The van der Waals surface area contributed by atoms with E-state index in [0.717, 1.165) is 43.9 Å². The smallest absolute Gasteiger partial charge is 0.243 e. The van der Waals surface area contributed by atoms with E-state index >= 15 is 0 Å². The van der Waals surface area contributed by atoms with Gasteiger partial charge in [-0.2, -0.15) is 4.98 Å². The van der Waals surface area contributed by atoms with Gasteiger partial charge in [-0.1, -0.05) is 0 Å². The molecule has 10 heteroatoms. The van der Waals surface area contributed by atoms with Gasteiger partial charge in [0.2, 0.25) is 15.9 Å². The number of anilines is 1. The average Bonchev–Trinajstić information content (AvgIpc) is 2.65. The van der Waals surface area contributed by atoms with Crippen LogP contribution in [-0.4, -0.2) is 44.6 Å². The first-order valence-electron chi connectivity index (χ1n) is 9.03. The van der Waals surface area contributed by atoms with E-state index in [1.807, 2.05) is 0 Å². The van der Waals surface area contributed by atoms with Gasteiger partial charge in [-0.15, -0.1) is 0 Å². The van der Waals surface area contributed by atoms with E-state index < -0.39 is 26.6 Å². The molecule has 0 radical (unpaired) electrons. The van der Waals surface area contributed by atoms with Gasteiger partial charge in [0.15, 0.2) is 0 Å². The molecule has 0 saturated carbocycles. The quantitative estimate of drug-likeness (QED) is 0.703. The second kappa shape index (κ2) is 8.78. The Morgan fingerprint density at radius 1 is 1.14 bits per heavy atom. The second-order valence-corrected chi connectivity index (χ2v) is 8.22. The highest BCUT2D eigenvalue weighted by atomic mass is 32.2. The van der Waals surface area contributed by atoms with E-state index in [0.29, 0.717) is 17.8 Å². The van der Waals surface area contributed by atoms with Gasteiger partial charge in [-0.25, -0.2) is 26.9 Å². The molecule has 3 rings (SSSR count). The van der Waals surface area contributed by atoms with Gasteiger partial charge in [-0.3, -0.25) is 0 Å². The molecule has 1 saturated heterocycles. The minimum absolute atomic E-state index is 0.00205. The summed E-state index contributed by atoms with van der Waals surface area (Å²) in [5.74, 6) is -0.294. The van der Waals surface area contributed by atoms with E-state index in [9.17, 15) is 17.2 Å². The lowest BCUT2D eigenvalue weighted by atomic mass is 10.1. The van der Waals surface area contributed by atoms with Crippen molar-refractivity contribution in [2.75, 3.05) is 31.1 Å². The third-order valence-electron chi connectivity index (χ3n) is 4.31. The zero-order valence-electron chi connectivity index (χ0n) is 15.5. The number of nitrogens with one attached hydrogen (secondary N) is 1. The number of hydrogen-bond acceptors (Lipinski definition) is 6. The maximum atomic E-state index is 13.7. The van der Waals surface area contributed by atoms with Crippen LogP contribution in [0, 0.1) is 18.6 Å². The molecule has 1 aliphatic heterocycles. The van der Waals surface area contributed by atoms with Crippen LogP contribution < -0.4 is 14.4 Å². The minimum Gasteiger partial charge on any atom is -0.476 e. The molecular weight excluding hydrogens is 390 g/mol. The highest BCUT2D eigenvalue weighted by Gasteiger charge is 2.19. The molecule has 0 unspecified atom stereocenters. The fourth-order valence-corrected chi connectivity index (χ4v) is 4.06. The Bertz CT molecular complexity index is 934. The fourth-order valence-electron chi connectivity index (χ4n) is 2.99. The van der Waals surface area contributed by atoms with Gasteiger partial charge >= 0.3 is 0 Å². The number of benzene rings is 1. The Morgan fingerprint density at radius 2 is 1.89 bits per heavy atom. The van der Waals surface area contributed by atoms with E-state index in [1.54, 1.807) is 13.0 Å². The summed E-state index contributed by atoms with van der Waals surface area (Å²) in [5.41, 5.74) is 0. The van der Waals surface area contributed by atoms with Crippen molar-refractivity contribution in [3.63, 3.8) is 0 Å². The number of rotatable bonds is 7. The summed E-state index contributed by atoms with van der Waals surface area (Å²) in [6, 6.07) is 4.02. The summed E-state index contributed by atoms with van der Waals surface area (Å²) in [5, 5.41) is 0. The van der Waals surface area contributed by atoms with Crippen LogP contribution in [0.1, 0.15) is 25.1 Å². The van der Waals surface area contributed by atoms with Crippen LogP contribution in [0.2, 0.25) is 0 Å². The van der Waals surface area contributed by atoms with Crippen LogP contribution in [0.25, 0.3) is 0 Å². The number of piperidine rings is 1. The molecule has 2 aromatic rings. The third-order valence-corrected chi connectivity index (χ3v) is 5.80. The number of ether oxygens (including phenoxy) is 1. The molecule has 1 fully saturated rings. The third kappa shape index (κ3) is 5.14. The van der Waals surface area contributed by atoms with Crippen LogP contribution in [0.5, 0.6) is 5.88 Å². The van der Waals surface area contributed by atoms with Gasteiger partial charge in [0, 0.05) is 31.8 Å². The second-order valence-electron chi connectivity index (χ2n) is 6.48. The Hall–Kier alpha value is -2.33. The molecule has 0 aliphatic carbocycles. The van der Waals surface area contributed by atoms with Crippen molar-refractivity contribution in [3.8, 4) is 5.88 Å². The van der Waals surface area contributed by atoms with E-state index in [2.05, 4.69) is 19.6 Å². The van der Waals surface area contributed by atoms with E-state index in [4.69, 9.17) is 4.74 Å². The predicted molar refractivity (Wildman–Crippen MR) is 99.9 cm³/mol. The normalized spacial score (nSPS) is 14.9. The van der Waals surface area contributed by atoms with Crippen molar-refractivity contribution in [2.24, 2.45) is 0 Å². The summed E-state index contributed by atoms with van der Waals surface area (Å²) in [6.45, 7) is 3.53. The standard InChI is InChI=1S/C18H22F2N4O3S/c1-13-22-17(24-8-3-2-4-9-24)12-18(23-13)27-10-7-21-28(25,26)16-6-5-14(19)11-15(16)20/h5-6,11-12,21H,2-4,7-10H2,1H3. The maximum absolute atomic E-state index is 13.7. The zero-order chi connectivity index (χ0) is 20.1. The molecule has 1 aromatic carbocycles. The van der Waals surface area contributed by atoms with Crippen LogP contribution >= 0.6 is 0 Å². The Labute approximate surface area is 162 Å². The van der Waals surface area contributed by atoms with Crippen LogP contribution in [-0.2, 0) is 10.0 Å². The average molecular weight is 412 g/mol.